The van der Waals surface area contributed by atoms with Crippen LogP contribution in [0.4, 0.5) is 10.5 Å². The number of aromatic nitrogens is 1. The number of hydrogen-bond acceptors (Lipinski definition) is 6. The smallest absolute Gasteiger partial charge is 0.412 e. The van der Waals surface area contributed by atoms with E-state index in [1.54, 1.807) is 25.4 Å². The van der Waals surface area contributed by atoms with Gasteiger partial charge in [-0.25, -0.2) is 4.79 Å². The summed E-state index contributed by atoms with van der Waals surface area (Å²) in [5.41, 5.74) is 2.18. The second kappa shape index (κ2) is 10.6. The van der Waals surface area contributed by atoms with Crippen LogP contribution in [-0.4, -0.2) is 55.8 Å². The van der Waals surface area contributed by atoms with Crippen molar-refractivity contribution in [2.24, 2.45) is 0 Å². The number of benzene rings is 2. The highest BCUT2D eigenvalue weighted by Crippen LogP contribution is 2.30. The molecule has 0 unspecified atom stereocenters. The number of ether oxygens (including phenoxy) is 2. The number of nitrogens with one attached hydrogen (secondary N) is 1. The topological polar surface area (TPSA) is 66.9 Å². The summed E-state index contributed by atoms with van der Waals surface area (Å²) in [7, 11) is 1.70. The molecule has 0 bridgehead atoms. The third kappa shape index (κ3) is 5.36. The van der Waals surface area contributed by atoms with Crippen molar-refractivity contribution in [2.45, 2.75) is 6.04 Å². The Hall–Kier alpha value is -3.58. The first-order valence-electron chi connectivity index (χ1n) is 10.8. The van der Waals surface area contributed by atoms with Crippen molar-refractivity contribution in [3.63, 3.8) is 0 Å². The van der Waals surface area contributed by atoms with Crippen molar-refractivity contribution in [2.75, 3.05) is 44.7 Å². The average Bonchev–Trinajstić information content (AvgIpc) is 2.86. The molecule has 1 fully saturated rings. The highest BCUT2D eigenvalue weighted by molar-refractivity contribution is 5.70. The fourth-order valence-corrected chi connectivity index (χ4v) is 4.01. The van der Waals surface area contributed by atoms with Crippen molar-refractivity contribution in [3.8, 4) is 11.5 Å². The van der Waals surface area contributed by atoms with E-state index in [-0.39, 0.29) is 6.04 Å². The molecule has 7 heteroatoms. The summed E-state index contributed by atoms with van der Waals surface area (Å²) in [6.45, 7) is 3.88. The third-order valence-corrected chi connectivity index (χ3v) is 5.64. The standard InChI is InChI=1S/C25H28N4O3/c1-31-24-12-6-5-11-22(24)28-14-16-29(17-15-28)23(20-8-7-13-26-18-20)19-27-25(30)32-21-9-3-2-4-10-21/h2-13,18,23H,14-17,19H2,1H3,(H,27,30)/t23-/m1/s1. The van der Waals surface area contributed by atoms with Crippen molar-refractivity contribution in [1.29, 1.82) is 0 Å². The number of amides is 1. The molecular formula is C25H28N4O3. The van der Waals surface area contributed by atoms with Crippen molar-refractivity contribution < 1.29 is 14.3 Å². The fourth-order valence-electron chi connectivity index (χ4n) is 4.01. The molecule has 0 saturated carbocycles. The maximum Gasteiger partial charge on any atom is 0.412 e. The molecular weight excluding hydrogens is 404 g/mol. The Kier molecular flexibility index (Phi) is 7.19. The number of nitrogens with zero attached hydrogens (tertiary/aromatic N) is 3. The molecule has 1 saturated heterocycles. The summed E-state index contributed by atoms with van der Waals surface area (Å²) in [6, 6.07) is 21.2. The number of hydrogen-bond donors (Lipinski definition) is 1. The van der Waals surface area contributed by atoms with Crippen LogP contribution in [0.2, 0.25) is 0 Å². The molecule has 0 spiro atoms. The van der Waals surface area contributed by atoms with Gasteiger partial charge in [-0.1, -0.05) is 36.4 Å². The number of piperazine rings is 1. The van der Waals surface area contributed by atoms with Crippen LogP contribution in [0.25, 0.3) is 0 Å². The number of anilines is 1. The fraction of sp³-hybridized carbons (Fsp3) is 0.280. The summed E-state index contributed by atoms with van der Waals surface area (Å²) < 4.78 is 10.9. The lowest BCUT2D eigenvalue weighted by molar-refractivity contribution is 0.169. The SMILES string of the molecule is COc1ccccc1N1CCN([C@H](CNC(=O)Oc2ccccc2)c2cccnc2)CC1. The van der Waals surface area contributed by atoms with Gasteiger partial charge in [0.15, 0.2) is 0 Å². The first-order valence-corrected chi connectivity index (χ1v) is 10.8. The monoisotopic (exact) mass is 432 g/mol. The lowest BCUT2D eigenvalue weighted by Crippen LogP contribution is -2.50. The van der Waals surface area contributed by atoms with E-state index in [0.717, 1.165) is 43.2 Å². The molecule has 166 valence electrons. The second-order valence-corrected chi connectivity index (χ2v) is 7.58. The quantitative estimate of drug-likeness (QED) is 0.614. The zero-order valence-corrected chi connectivity index (χ0v) is 18.2. The number of rotatable bonds is 7. The molecule has 4 rings (SSSR count). The molecule has 1 aromatic heterocycles. The first-order chi connectivity index (χ1) is 15.7. The molecule has 32 heavy (non-hydrogen) atoms. The minimum Gasteiger partial charge on any atom is -0.495 e. The van der Waals surface area contributed by atoms with Crippen molar-refractivity contribution in [3.05, 3.63) is 84.7 Å². The number of carbonyl (C=O) groups is 1. The van der Waals surface area contributed by atoms with Gasteiger partial charge in [0.1, 0.15) is 11.5 Å². The van der Waals surface area contributed by atoms with Gasteiger partial charge in [-0.2, -0.15) is 0 Å². The van der Waals surface area contributed by atoms with E-state index in [1.807, 2.05) is 48.7 Å². The van der Waals surface area contributed by atoms with E-state index in [9.17, 15) is 4.79 Å². The van der Waals surface area contributed by atoms with Gasteiger partial charge in [0.05, 0.1) is 18.8 Å². The number of methoxy groups -OCH3 is 1. The molecule has 1 amide bonds. The molecule has 0 radical (unpaired) electrons. The van der Waals surface area contributed by atoms with Crippen molar-refractivity contribution in [1.82, 2.24) is 15.2 Å². The molecule has 1 atom stereocenters. The maximum atomic E-state index is 12.3. The van der Waals surface area contributed by atoms with Crippen LogP contribution >= 0.6 is 0 Å². The zero-order valence-electron chi connectivity index (χ0n) is 18.2. The lowest BCUT2D eigenvalue weighted by Gasteiger charge is -2.40. The van der Waals surface area contributed by atoms with E-state index in [1.165, 1.54) is 0 Å². The Morgan fingerprint density at radius 1 is 1.00 bits per heavy atom. The Morgan fingerprint density at radius 2 is 1.75 bits per heavy atom. The largest absolute Gasteiger partial charge is 0.495 e. The Balaban J connectivity index is 1.41. The highest BCUT2D eigenvalue weighted by Gasteiger charge is 2.27. The molecule has 1 aliphatic heterocycles. The van der Waals surface area contributed by atoms with Gasteiger partial charge in [-0.15, -0.1) is 0 Å². The Morgan fingerprint density at radius 3 is 2.47 bits per heavy atom. The van der Waals surface area contributed by atoms with Gasteiger partial charge in [0.25, 0.3) is 0 Å². The van der Waals surface area contributed by atoms with Crippen LogP contribution in [-0.2, 0) is 0 Å². The minimum absolute atomic E-state index is 0.00634. The summed E-state index contributed by atoms with van der Waals surface area (Å²) >= 11 is 0. The summed E-state index contributed by atoms with van der Waals surface area (Å²) in [6.07, 6.45) is 3.16. The second-order valence-electron chi connectivity index (χ2n) is 7.58. The number of carbonyl (C=O) groups excluding carboxylic acids is 1. The van der Waals surface area contributed by atoms with Gasteiger partial charge >= 0.3 is 6.09 Å². The van der Waals surface area contributed by atoms with Crippen LogP contribution < -0.4 is 19.7 Å². The van der Waals surface area contributed by atoms with Gasteiger partial charge < -0.3 is 19.7 Å². The van der Waals surface area contributed by atoms with Crippen LogP contribution in [0.1, 0.15) is 11.6 Å². The van der Waals surface area contributed by atoms with Crippen LogP contribution in [0.3, 0.4) is 0 Å². The average molecular weight is 433 g/mol. The van der Waals surface area contributed by atoms with E-state index >= 15 is 0 Å². The molecule has 7 nitrogen and oxygen atoms in total. The Labute approximate surface area is 188 Å². The molecule has 0 aliphatic carbocycles. The maximum absolute atomic E-state index is 12.3. The lowest BCUT2D eigenvalue weighted by atomic mass is 10.1. The van der Waals surface area contributed by atoms with Crippen LogP contribution in [0, 0.1) is 0 Å². The van der Waals surface area contributed by atoms with E-state index in [4.69, 9.17) is 9.47 Å². The van der Waals surface area contributed by atoms with Gasteiger partial charge in [0.2, 0.25) is 0 Å². The molecule has 2 aromatic carbocycles. The zero-order chi connectivity index (χ0) is 22.2. The molecule has 1 aliphatic rings. The molecule has 2 heterocycles. The number of pyridine rings is 1. The van der Waals surface area contributed by atoms with E-state index < -0.39 is 6.09 Å². The molecule has 3 aromatic rings. The van der Waals surface area contributed by atoms with Gasteiger partial charge in [0, 0.05) is 45.1 Å². The van der Waals surface area contributed by atoms with Crippen molar-refractivity contribution >= 4 is 11.8 Å². The predicted octanol–water partition coefficient (Wildman–Crippen LogP) is 3.74. The normalized spacial score (nSPS) is 15.1. The number of para-hydroxylation sites is 3. The van der Waals surface area contributed by atoms with E-state index in [2.05, 4.69) is 32.2 Å². The highest BCUT2D eigenvalue weighted by atomic mass is 16.6. The summed E-state index contributed by atoms with van der Waals surface area (Å²) in [4.78, 5) is 21.4. The van der Waals surface area contributed by atoms with Crippen LogP contribution in [0.5, 0.6) is 11.5 Å². The first kappa shape index (κ1) is 21.6. The molecule has 1 N–H and O–H groups in total. The van der Waals surface area contributed by atoms with Gasteiger partial charge in [-0.05, 0) is 35.9 Å². The Bertz CT molecular complexity index is 992. The van der Waals surface area contributed by atoms with E-state index in [0.29, 0.717) is 12.3 Å². The summed E-state index contributed by atoms with van der Waals surface area (Å²) in [5.74, 6) is 1.41. The third-order valence-electron chi connectivity index (χ3n) is 5.64. The van der Waals surface area contributed by atoms with Crippen LogP contribution in [0.15, 0.2) is 79.1 Å². The van der Waals surface area contributed by atoms with Gasteiger partial charge in [-0.3, -0.25) is 9.88 Å². The summed E-state index contributed by atoms with van der Waals surface area (Å²) in [5, 5.41) is 2.92. The predicted molar refractivity (Wildman–Crippen MR) is 124 cm³/mol. The minimum atomic E-state index is -0.460.